The van der Waals surface area contributed by atoms with Crippen molar-refractivity contribution in [3.8, 4) is 0 Å². The lowest BCUT2D eigenvalue weighted by molar-refractivity contribution is 0.437. The maximum Gasteiger partial charge on any atom is 0.109 e. The highest BCUT2D eigenvalue weighted by Gasteiger charge is 2.06. The summed E-state index contributed by atoms with van der Waals surface area (Å²) in [5.41, 5.74) is 6.06. The average molecular weight is 208 g/mol. The predicted molar refractivity (Wildman–Crippen MR) is 49.4 cm³/mol. The number of nitrogens with two attached hydrogens (primary N) is 1. The first-order chi connectivity index (χ1) is 5.63. The Morgan fingerprint density at radius 1 is 1.25 bits per heavy atom. The summed E-state index contributed by atoms with van der Waals surface area (Å²) in [6.45, 7) is -0.614. The fourth-order valence-electron chi connectivity index (χ4n) is 0.878. The Labute approximate surface area is 80.3 Å². The Balaban J connectivity index is 3.00. The molecule has 0 aliphatic rings. The van der Waals surface area contributed by atoms with Crippen molar-refractivity contribution in [1.29, 1.82) is 0 Å². The van der Waals surface area contributed by atoms with Crippen molar-refractivity contribution in [3.05, 3.63) is 33.8 Å². The van der Waals surface area contributed by atoms with Crippen LogP contribution in [0.3, 0.4) is 0 Å². The van der Waals surface area contributed by atoms with Crippen LogP contribution < -0.4 is 5.73 Å². The van der Waals surface area contributed by atoms with Gasteiger partial charge in [0.1, 0.15) is 6.67 Å². The van der Waals surface area contributed by atoms with Crippen LogP contribution in [-0.2, 0) is 0 Å². The summed E-state index contributed by atoms with van der Waals surface area (Å²) in [6.07, 6.45) is 0. The highest BCUT2D eigenvalue weighted by Crippen LogP contribution is 2.22. The van der Waals surface area contributed by atoms with Crippen LogP contribution in [0.25, 0.3) is 0 Å². The maximum absolute atomic E-state index is 12.1. The molecular formula is C8H8Cl2FN. The summed E-state index contributed by atoms with van der Waals surface area (Å²) in [5.74, 6) is 0. The van der Waals surface area contributed by atoms with Crippen LogP contribution in [0.2, 0.25) is 10.0 Å². The number of benzene rings is 1. The highest BCUT2D eigenvalue weighted by atomic mass is 35.5. The Morgan fingerprint density at radius 3 is 2.17 bits per heavy atom. The molecule has 4 heteroatoms. The molecule has 0 aromatic heterocycles. The quantitative estimate of drug-likeness (QED) is 0.794. The lowest BCUT2D eigenvalue weighted by atomic mass is 10.1. The van der Waals surface area contributed by atoms with Gasteiger partial charge in [-0.15, -0.1) is 0 Å². The highest BCUT2D eigenvalue weighted by molar-refractivity contribution is 6.34. The van der Waals surface area contributed by atoms with Crippen LogP contribution in [0.4, 0.5) is 4.39 Å². The van der Waals surface area contributed by atoms with E-state index in [9.17, 15) is 4.39 Å². The molecular weight excluding hydrogens is 200 g/mol. The van der Waals surface area contributed by atoms with Gasteiger partial charge in [-0.25, -0.2) is 4.39 Å². The molecule has 66 valence electrons. The van der Waals surface area contributed by atoms with Crippen molar-refractivity contribution in [2.24, 2.45) is 5.73 Å². The second-order valence-electron chi connectivity index (χ2n) is 2.46. The third-order valence-electron chi connectivity index (χ3n) is 1.48. The van der Waals surface area contributed by atoms with Crippen LogP contribution in [-0.4, -0.2) is 6.67 Å². The number of halogens is 3. The molecule has 0 amide bonds. The molecule has 0 aliphatic carbocycles. The minimum absolute atomic E-state index is 0.474. The van der Waals surface area contributed by atoms with E-state index < -0.39 is 12.7 Å². The molecule has 0 radical (unpaired) electrons. The third kappa shape index (κ3) is 2.34. The van der Waals surface area contributed by atoms with Gasteiger partial charge < -0.3 is 5.73 Å². The lowest BCUT2D eigenvalue weighted by Gasteiger charge is -2.07. The van der Waals surface area contributed by atoms with Gasteiger partial charge >= 0.3 is 0 Å². The van der Waals surface area contributed by atoms with E-state index >= 15 is 0 Å². The number of alkyl halides is 1. The van der Waals surface area contributed by atoms with Crippen molar-refractivity contribution in [2.45, 2.75) is 6.04 Å². The van der Waals surface area contributed by atoms with Crippen molar-refractivity contribution in [2.75, 3.05) is 6.67 Å². The van der Waals surface area contributed by atoms with Gasteiger partial charge in [0.05, 0.1) is 6.04 Å². The molecule has 0 saturated heterocycles. The molecule has 0 spiro atoms. The van der Waals surface area contributed by atoms with E-state index in [1.807, 2.05) is 0 Å². The zero-order valence-corrected chi connectivity index (χ0v) is 7.74. The first-order valence-electron chi connectivity index (χ1n) is 3.41. The molecule has 0 fully saturated rings. The van der Waals surface area contributed by atoms with E-state index in [2.05, 4.69) is 0 Å². The van der Waals surface area contributed by atoms with Gasteiger partial charge in [0.2, 0.25) is 0 Å². The van der Waals surface area contributed by atoms with Crippen LogP contribution in [0.1, 0.15) is 11.6 Å². The first kappa shape index (κ1) is 9.78. The summed E-state index contributed by atoms with van der Waals surface area (Å²) in [7, 11) is 0. The van der Waals surface area contributed by atoms with Crippen molar-refractivity contribution in [1.82, 2.24) is 0 Å². The Morgan fingerprint density at radius 2 is 1.75 bits per heavy atom. The minimum Gasteiger partial charge on any atom is -0.322 e. The summed E-state index contributed by atoms with van der Waals surface area (Å²) in [4.78, 5) is 0. The number of hydrogen-bond acceptors (Lipinski definition) is 1. The molecule has 1 unspecified atom stereocenters. The van der Waals surface area contributed by atoms with Gasteiger partial charge in [0, 0.05) is 10.0 Å². The molecule has 1 aromatic carbocycles. The van der Waals surface area contributed by atoms with Crippen LogP contribution in [0.15, 0.2) is 18.2 Å². The molecule has 12 heavy (non-hydrogen) atoms. The first-order valence-corrected chi connectivity index (χ1v) is 4.16. The topological polar surface area (TPSA) is 26.0 Å². The molecule has 0 saturated carbocycles. The molecule has 1 nitrogen and oxygen atoms in total. The summed E-state index contributed by atoms with van der Waals surface area (Å²) in [6, 6.07) is 4.16. The van der Waals surface area contributed by atoms with E-state index in [-0.39, 0.29) is 0 Å². The Hall–Kier alpha value is -0.310. The van der Waals surface area contributed by atoms with Gasteiger partial charge in [-0.3, -0.25) is 0 Å². The molecule has 2 N–H and O–H groups in total. The molecule has 1 rings (SSSR count). The van der Waals surface area contributed by atoms with Crippen LogP contribution >= 0.6 is 23.2 Å². The monoisotopic (exact) mass is 207 g/mol. The summed E-state index contributed by atoms with van der Waals surface area (Å²) in [5, 5.41) is 0.947. The average Bonchev–Trinajstić information content (AvgIpc) is 2.01. The van der Waals surface area contributed by atoms with Crippen molar-refractivity contribution >= 4 is 23.2 Å². The molecule has 0 heterocycles. The summed E-state index contributed by atoms with van der Waals surface area (Å²) >= 11 is 11.4. The number of rotatable bonds is 2. The minimum atomic E-state index is -0.638. The Bertz CT molecular complexity index is 258. The molecule has 1 aromatic rings. The van der Waals surface area contributed by atoms with Gasteiger partial charge in [0.15, 0.2) is 0 Å². The second kappa shape index (κ2) is 4.08. The third-order valence-corrected chi connectivity index (χ3v) is 1.92. The molecule has 0 bridgehead atoms. The van der Waals surface area contributed by atoms with Crippen molar-refractivity contribution in [3.63, 3.8) is 0 Å². The van der Waals surface area contributed by atoms with Crippen LogP contribution in [0, 0.1) is 0 Å². The SMILES string of the molecule is NC(CF)c1cc(Cl)cc(Cl)c1. The lowest BCUT2D eigenvalue weighted by Crippen LogP contribution is -2.11. The molecule has 0 aliphatic heterocycles. The fraction of sp³-hybridized carbons (Fsp3) is 0.250. The van der Waals surface area contributed by atoms with Gasteiger partial charge in [0.25, 0.3) is 0 Å². The fourth-order valence-corrected chi connectivity index (χ4v) is 1.42. The zero-order chi connectivity index (χ0) is 9.14. The van der Waals surface area contributed by atoms with Gasteiger partial charge in [-0.1, -0.05) is 23.2 Å². The number of hydrogen-bond donors (Lipinski definition) is 1. The van der Waals surface area contributed by atoms with E-state index in [1.165, 1.54) is 0 Å². The van der Waals surface area contributed by atoms with E-state index in [0.717, 1.165) is 0 Å². The van der Waals surface area contributed by atoms with Crippen molar-refractivity contribution < 1.29 is 4.39 Å². The summed E-state index contributed by atoms with van der Waals surface area (Å²) < 4.78 is 12.1. The largest absolute Gasteiger partial charge is 0.322 e. The van der Waals surface area contributed by atoms with E-state index in [4.69, 9.17) is 28.9 Å². The van der Waals surface area contributed by atoms with Gasteiger partial charge in [-0.2, -0.15) is 0 Å². The van der Waals surface area contributed by atoms with E-state index in [1.54, 1.807) is 18.2 Å². The predicted octanol–water partition coefficient (Wildman–Crippen LogP) is 2.96. The van der Waals surface area contributed by atoms with Crippen LogP contribution in [0.5, 0.6) is 0 Å². The maximum atomic E-state index is 12.1. The van der Waals surface area contributed by atoms with Gasteiger partial charge in [-0.05, 0) is 23.8 Å². The molecule has 1 atom stereocenters. The Kier molecular flexibility index (Phi) is 3.32. The standard InChI is InChI=1S/C8H8Cl2FN/c9-6-1-5(8(12)4-11)2-7(10)3-6/h1-3,8H,4,12H2. The van der Waals surface area contributed by atoms with E-state index in [0.29, 0.717) is 15.6 Å². The zero-order valence-electron chi connectivity index (χ0n) is 6.23. The smallest absolute Gasteiger partial charge is 0.109 e. The second-order valence-corrected chi connectivity index (χ2v) is 3.34. The normalized spacial score (nSPS) is 13.0.